The number of rotatable bonds is 5. The van der Waals surface area contributed by atoms with Crippen molar-refractivity contribution in [2.45, 2.75) is 38.0 Å². The molecule has 0 spiro atoms. The van der Waals surface area contributed by atoms with Crippen LogP contribution in [0.3, 0.4) is 0 Å². The number of hydrogen-bond donors (Lipinski definition) is 2. The van der Waals surface area contributed by atoms with Gasteiger partial charge >= 0.3 is 5.97 Å². The summed E-state index contributed by atoms with van der Waals surface area (Å²) in [6.45, 7) is 1.01. The summed E-state index contributed by atoms with van der Waals surface area (Å²) in [5.74, 6) is -1.97. The molecule has 98 valence electrons. The summed E-state index contributed by atoms with van der Waals surface area (Å²) < 4.78 is 14.4. The molecule has 0 radical (unpaired) electrons. The van der Waals surface area contributed by atoms with Crippen molar-refractivity contribution in [3.8, 4) is 0 Å². The summed E-state index contributed by atoms with van der Waals surface area (Å²) in [6.07, 6.45) is 1.72. The highest BCUT2D eigenvalue weighted by atomic mass is 19.1. The van der Waals surface area contributed by atoms with Crippen LogP contribution < -0.4 is 0 Å². The van der Waals surface area contributed by atoms with Gasteiger partial charge in [0.25, 0.3) is 0 Å². The third-order valence-corrected chi connectivity index (χ3v) is 3.59. The number of hydrogen-bond acceptors (Lipinski definition) is 2. The predicted molar refractivity (Wildman–Crippen MR) is 65.0 cm³/mol. The molecule has 1 aliphatic carbocycles. The molecule has 0 aromatic heterocycles. The smallest absolute Gasteiger partial charge is 0.341 e. The Bertz CT molecular complexity index is 452. The van der Waals surface area contributed by atoms with E-state index in [9.17, 15) is 9.18 Å². The molecule has 0 heterocycles. The van der Waals surface area contributed by atoms with Crippen molar-refractivity contribution in [3.63, 3.8) is 0 Å². The van der Waals surface area contributed by atoms with Crippen molar-refractivity contribution in [1.29, 1.82) is 0 Å². The van der Waals surface area contributed by atoms with Gasteiger partial charge in [-0.15, -0.1) is 0 Å². The van der Waals surface area contributed by atoms with Crippen molar-refractivity contribution in [2.24, 2.45) is 5.92 Å². The normalized spacial score (nSPS) is 20.2. The number of aliphatic carboxylic acids is 1. The maximum absolute atomic E-state index is 14.4. The van der Waals surface area contributed by atoms with E-state index in [2.05, 4.69) is 0 Å². The van der Waals surface area contributed by atoms with E-state index in [0.717, 1.165) is 19.8 Å². The van der Waals surface area contributed by atoms with E-state index >= 15 is 0 Å². The summed E-state index contributed by atoms with van der Waals surface area (Å²) in [4.78, 5) is 11.1. The van der Waals surface area contributed by atoms with Crippen molar-refractivity contribution in [3.05, 3.63) is 35.4 Å². The highest BCUT2D eigenvalue weighted by Crippen LogP contribution is 2.49. The van der Waals surface area contributed by atoms with Crippen LogP contribution in [0.5, 0.6) is 0 Å². The predicted octanol–water partition coefficient (Wildman–Crippen LogP) is 2.49. The lowest BCUT2D eigenvalue weighted by molar-refractivity contribution is -0.151. The summed E-state index contributed by atoms with van der Waals surface area (Å²) in [5, 5.41) is 18.2. The van der Waals surface area contributed by atoms with Gasteiger partial charge in [0.2, 0.25) is 5.67 Å². The Morgan fingerprint density at radius 1 is 1.56 bits per heavy atom. The van der Waals surface area contributed by atoms with Crippen molar-refractivity contribution in [1.82, 2.24) is 0 Å². The number of alkyl halides is 1. The molecule has 1 aromatic carbocycles. The Labute approximate surface area is 105 Å². The molecule has 4 heteroatoms. The van der Waals surface area contributed by atoms with E-state index in [0.29, 0.717) is 11.1 Å². The lowest BCUT2D eigenvalue weighted by atomic mass is 9.80. The van der Waals surface area contributed by atoms with E-state index in [1.807, 2.05) is 0 Å². The van der Waals surface area contributed by atoms with Gasteiger partial charge in [-0.05, 0) is 36.8 Å². The highest BCUT2D eigenvalue weighted by molar-refractivity contribution is 5.78. The van der Waals surface area contributed by atoms with Gasteiger partial charge < -0.3 is 10.2 Å². The second-order valence-corrected chi connectivity index (χ2v) is 5.10. The number of benzene rings is 1. The van der Waals surface area contributed by atoms with Crippen LogP contribution in [-0.2, 0) is 11.4 Å². The first kappa shape index (κ1) is 13.0. The van der Waals surface area contributed by atoms with Gasteiger partial charge in [-0.25, -0.2) is 9.18 Å². The Morgan fingerprint density at radius 3 is 2.72 bits per heavy atom. The van der Waals surface area contributed by atoms with Crippen LogP contribution >= 0.6 is 0 Å². The Hall–Kier alpha value is -1.42. The van der Waals surface area contributed by atoms with Gasteiger partial charge in [0.15, 0.2) is 0 Å². The molecule has 0 bridgehead atoms. The molecular weight excluding hydrogens is 235 g/mol. The highest BCUT2D eigenvalue weighted by Gasteiger charge is 2.50. The first-order valence-corrected chi connectivity index (χ1v) is 6.09. The van der Waals surface area contributed by atoms with Gasteiger partial charge in [0, 0.05) is 5.92 Å². The summed E-state index contributed by atoms with van der Waals surface area (Å²) in [7, 11) is 0. The van der Waals surface area contributed by atoms with Crippen LogP contribution in [0.25, 0.3) is 0 Å². The molecular formula is C14H17FO3. The first-order valence-electron chi connectivity index (χ1n) is 6.09. The largest absolute Gasteiger partial charge is 0.479 e. The van der Waals surface area contributed by atoms with Crippen molar-refractivity contribution in [2.75, 3.05) is 0 Å². The SMILES string of the molecule is CC(F)(C(=O)O)C(c1cccc(CO)c1)C1CC1. The molecule has 1 aromatic rings. The maximum Gasteiger partial charge on any atom is 0.341 e. The van der Waals surface area contributed by atoms with E-state index in [4.69, 9.17) is 10.2 Å². The minimum Gasteiger partial charge on any atom is -0.479 e. The molecule has 18 heavy (non-hydrogen) atoms. The molecule has 1 aliphatic rings. The standard InChI is InChI=1S/C14H17FO3/c1-14(15,13(17)18)12(10-5-6-10)11-4-2-3-9(7-11)8-16/h2-4,7,10,12,16H,5-6,8H2,1H3,(H,17,18). The van der Waals surface area contributed by atoms with Gasteiger partial charge in [0.05, 0.1) is 6.61 Å². The van der Waals surface area contributed by atoms with Crippen LogP contribution in [0.1, 0.15) is 36.8 Å². The Kier molecular flexibility index (Phi) is 3.39. The number of carboxylic acids is 1. The summed E-state index contributed by atoms with van der Waals surface area (Å²) in [6, 6.07) is 6.91. The lowest BCUT2D eigenvalue weighted by Crippen LogP contribution is -2.38. The quantitative estimate of drug-likeness (QED) is 0.846. The fourth-order valence-corrected chi connectivity index (χ4v) is 2.48. The topological polar surface area (TPSA) is 57.5 Å². The molecule has 0 saturated heterocycles. The molecule has 2 rings (SSSR count). The molecule has 0 aliphatic heterocycles. The average molecular weight is 252 g/mol. The van der Waals surface area contributed by atoms with Gasteiger partial charge in [-0.3, -0.25) is 0 Å². The summed E-state index contributed by atoms with van der Waals surface area (Å²) >= 11 is 0. The molecule has 1 saturated carbocycles. The van der Waals surface area contributed by atoms with E-state index in [1.54, 1.807) is 24.3 Å². The molecule has 2 unspecified atom stereocenters. The fourth-order valence-electron chi connectivity index (χ4n) is 2.48. The van der Waals surface area contributed by atoms with Crippen LogP contribution in [0, 0.1) is 5.92 Å². The second kappa shape index (κ2) is 4.69. The van der Waals surface area contributed by atoms with Crippen LogP contribution in [0.15, 0.2) is 24.3 Å². The maximum atomic E-state index is 14.4. The third-order valence-electron chi connectivity index (χ3n) is 3.59. The number of aliphatic hydroxyl groups is 1. The van der Waals surface area contributed by atoms with Crippen LogP contribution in [0.2, 0.25) is 0 Å². The first-order chi connectivity index (χ1) is 8.46. The lowest BCUT2D eigenvalue weighted by Gasteiger charge is -2.27. The van der Waals surface area contributed by atoms with Gasteiger partial charge in [-0.1, -0.05) is 24.3 Å². The second-order valence-electron chi connectivity index (χ2n) is 5.10. The van der Waals surface area contributed by atoms with Gasteiger partial charge in [0.1, 0.15) is 0 Å². The van der Waals surface area contributed by atoms with E-state index in [-0.39, 0.29) is 12.5 Å². The molecule has 2 N–H and O–H groups in total. The number of carboxylic acid groups (broad SMARTS) is 1. The average Bonchev–Trinajstić information content (AvgIpc) is 3.13. The molecule has 2 atom stereocenters. The van der Waals surface area contributed by atoms with Crippen molar-refractivity contribution < 1.29 is 19.4 Å². The van der Waals surface area contributed by atoms with E-state index in [1.165, 1.54) is 0 Å². The molecule has 0 amide bonds. The fraction of sp³-hybridized carbons (Fsp3) is 0.500. The van der Waals surface area contributed by atoms with E-state index < -0.39 is 17.6 Å². The number of carbonyl (C=O) groups is 1. The zero-order chi connectivity index (χ0) is 13.3. The monoisotopic (exact) mass is 252 g/mol. The zero-order valence-electron chi connectivity index (χ0n) is 10.3. The molecule has 1 fully saturated rings. The van der Waals surface area contributed by atoms with Gasteiger partial charge in [-0.2, -0.15) is 0 Å². The van der Waals surface area contributed by atoms with Crippen LogP contribution in [-0.4, -0.2) is 21.9 Å². The minimum absolute atomic E-state index is 0.0880. The minimum atomic E-state index is -2.27. The molecule has 3 nitrogen and oxygen atoms in total. The van der Waals surface area contributed by atoms with Crippen LogP contribution in [0.4, 0.5) is 4.39 Å². The number of halogens is 1. The third kappa shape index (κ3) is 2.38. The number of aliphatic hydroxyl groups excluding tert-OH is 1. The summed E-state index contributed by atoms with van der Waals surface area (Å²) in [5.41, 5.74) is -0.925. The zero-order valence-corrected chi connectivity index (χ0v) is 10.3. The van der Waals surface area contributed by atoms with Crippen molar-refractivity contribution >= 4 is 5.97 Å². The Balaban J connectivity index is 2.38. The Morgan fingerprint density at radius 2 is 2.22 bits per heavy atom.